The van der Waals surface area contributed by atoms with Crippen molar-refractivity contribution in [3.8, 4) is 5.75 Å². The molecular weight excluding hydrogens is 248 g/mol. The van der Waals surface area contributed by atoms with E-state index in [1.54, 1.807) is 12.3 Å². The maximum Gasteiger partial charge on any atom is 0.257 e. The normalized spacial score (nSPS) is 13.6. The van der Waals surface area contributed by atoms with Gasteiger partial charge in [-0.1, -0.05) is 0 Å². The van der Waals surface area contributed by atoms with Gasteiger partial charge in [-0.15, -0.1) is 11.3 Å². The minimum atomic E-state index is -0.127. The number of aryl methyl sites for hydroxylation is 1. The summed E-state index contributed by atoms with van der Waals surface area (Å²) in [6.07, 6.45) is 3.64. The van der Waals surface area contributed by atoms with Gasteiger partial charge in [0, 0.05) is 17.1 Å². The minimum absolute atomic E-state index is 0.127. The van der Waals surface area contributed by atoms with Gasteiger partial charge in [0.05, 0.1) is 6.61 Å². The lowest BCUT2D eigenvalue weighted by molar-refractivity contribution is 0.102. The van der Waals surface area contributed by atoms with Gasteiger partial charge in [-0.05, 0) is 36.6 Å². The molecule has 0 unspecified atom stereocenters. The Morgan fingerprint density at radius 1 is 1.44 bits per heavy atom. The second-order valence-corrected chi connectivity index (χ2v) is 4.96. The SMILES string of the molecule is O=C(Nc1nccs1)c1ccc2c(c1)CCCO2. The molecule has 2 heterocycles. The van der Waals surface area contributed by atoms with Crippen LogP contribution in [0.5, 0.6) is 5.75 Å². The standard InChI is InChI=1S/C13H12N2O2S/c16-12(15-13-14-5-7-18-13)10-3-4-11-9(8-10)2-1-6-17-11/h3-5,7-8H,1-2,6H2,(H,14,15,16). The van der Waals surface area contributed by atoms with Crippen molar-refractivity contribution in [2.75, 3.05) is 11.9 Å². The molecule has 0 fully saturated rings. The number of fused-ring (bicyclic) bond motifs is 1. The summed E-state index contributed by atoms with van der Waals surface area (Å²) in [4.78, 5) is 16.0. The van der Waals surface area contributed by atoms with Gasteiger partial charge >= 0.3 is 0 Å². The number of aromatic nitrogens is 1. The van der Waals surface area contributed by atoms with Gasteiger partial charge in [0.15, 0.2) is 5.13 Å². The highest BCUT2D eigenvalue weighted by Gasteiger charge is 2.14. The van der Waals surface area contributed by atoms with Crippen molar-refractivity contribution in [2.45, 2.75) is 12.8 Å². The van der Waals surface area contributed by atoms with Crippen molar-refractivity contribution >= 4 is 22.4 Å². The van der Waals surface area contributed by atoms with Gasteiger partial charge in [-0.2, -0.15) is 0 Å². The molecule has 1 amide bonds. The summed E-state index contributed by atoms with van der Waals surface area (Å²) < 4.78 is 5.52. The van der Waals surface area contributed by atoms with Crippen LogP contribution < -0.4 is 10.1 Å². The van der Waals surface area contributed by atoms with Crippen LogP contribution in [-0.4, -0.2) is 17.5 Å². The highest BCUT2D eigenvalue weighted by Crippen LogP contribution is 2.26. The van der Waals surface area contributed by atoms with Gasteiger partial charge in [0.25, 0.3) is 5.91 Å². The number of carbonyl (C=O) groups is 1. The van der Waals surface area contributed by atoms with Crippen LogP contribution >= 0.6 is 11.3 Å². The number of rotatable bonds is 2. The Labute approximate surface area is 109 Å². The quantitative estimate of drug-likeness (QED) is 0.903. The van der Waals surface area contributed by atoms with Gasteiger partial charge in [0.2, 0.25) is 0 Å². The number of ether oxygens (including phenoxy) is 1. The van der Waals surface area contributed by atoms with Crippen LogP contribution in [0.15, 0.2) is 29.8 Å². The molecule has 4 nitrogen and oxygen atoms in total. The van der Waals surface area contributed by atoms with Gasteiger partial charge in [0.1, 0.15) is 5.75 Å². The molecule has 0 radical (unpaired) electrons. The number of amides is 1. The summed E-state index contributed by atoms with van der Waals surface area (Å²) in [6.45, 7) is 0.762. The second-order valence-electron chi connectivity index (χ2n) is 4.07. The average molecular weight is 260 g/mol. The number of anilines is 1. The zero-order chi connectivity index (χ0) is 12.4. The van der Waals surface area contributed by atoms with E-state index in [9.17, 15) is 4.79 Å². The molecule has 1 aromatic heterocycles. The smallest absolute Gasteiger partial charge is 0.257 e. The summed E-state index contributed by atoms with van der Waals surface area (Å²) >= 11 is 1.41. The van der Waals surface area contributed by atoms with E-state index in [1.807, 2.05) is 17.5 Å². The maximum atomic E-state index is 12.0. The molecule has 0 saturated heterocycles. The first-order valence-electron chi connectivity index (χ1n) is 5.79. The van der Waals surface area contributed by atoms with Crippen molar-refractivity contribution in [2.24, 2.45) is 0 Å². The Hall–Kier alpha value is -1.88. The molecule has 3 rings (SSSR count). The van der Waals surface area contributed by atoms with Crippen LogP contribution in [0.3, 0.4) is 0 Å². The van der Waals surface area contributed by atoms with Crippen molar-refractivity contribution in [1.29, 1.82) is 0 Å². The summed E-state index contributed by atoms with van der Waals surface area (Å²) in [6, 6.07) is 5.55. The van der Waals surface area contributed by atoms with Crippen LogP contribution in [-0.2, 0) is 6.42 Å². The minimum Gasteiger partial charge on any atom is -0.493 e. The summed E-state index contributed by atoms with van der Waals surface area (Å²) in [5.74, 6) is 0.769. The Morgan fingerprint density at radius 3 is 3.22 bits per heavy atom. The first kappa shape index (κ1) is 11.2. The number of nitrogens with one attached hydrogen (secondary N) is 1. The number of hydrogen-bond acceptors (Lipinski definition) is 4. The number of thiazole rings is 1. The fraction of sp³-hybridized carbons (Fsp3) is 0.231. The third-order valence-corrected chi connectivity index (χ3v) is 3.51. The van der Waals surface area contributed by atoms with E-state index in [2.05, 4.69) is 10.3 Å². The molecule has 2 aromatic rings. The van der Waals surface area contributed by atoms with Crippen molar-refractivity contribution in [3.63, 3.8) is 0 Å². The number of benzene rings is 1. The van der Waals surface area contributed by atoms with Crippen molar-refractivity contribution in [3.05, 3.63) is 40.9 Å². The Morgan fingerprint density at radius 2 is 2.39 bits per heavy atom. The molecule has 0 saturated carbocycles. The number of carbonyl (C=O) groups excluding carboxylic acids is 1. The van der Waals surface area contributed by atoms with Crippen LogP contribution in [0, 0.1) is 0 Å². The summed E-state index contributed by atoms with van der Waals surface area (Å²) in [7, 11) is 0. The van der Waals surface area contributed by atoms with E-state index in [1.165, 1.54) is 11.3 Å². The van der Waals surface area contributed by atoms with E-state index in [-0.39, 0.29) is 5.91 Å². The molecule has 0 aliphatic carbocycles. The van der Waals surface area contributed by atoms with Crippen LogP contribution in [0.4, 0.5) is 5.13 Å². The molecule has 0 spiro atoms. The summed E-state index contributed by atoms with van der Waals surface area (Å²) in [5, 5.41) is 5.22. The predicted octanol–water partition coefficient (Wildman–Crippen LogP) is 2.72. The predicted molar refractivity (Wildman–Crippen MR) is 70.3 cm³/mol. The van der Waals surface area contributed by atoms with E-state index in [4.69, 9.17) is 4.74 Å². The first-order valence-corrected chi connectivity index (χ1v) is 6.67. The summed E-state index contributed by atoms with van der Waals surface area (Å²) in [5.41, 5.74) is 1.75. The Kier molecular flexibility index (Phi) is 2.98. The highest BCUT2D eigenvalue weighted by molar-refractivity contribution is 7.13. The average Bonchev–Trinajstić information content (AvgIpc) is 2.91. The highest BCUT2D eigenvalue weighted by atomic mass is 32.1. The third kappa shape index (κ3) is 2.22. The molecule has 1 N–H and O–H groups in total. The molecular formula is C13H12N2O2S. The lowest BCUT2D eigenvalue weighted by Crippen LogP contribution is -2.14. The lowest BCUT2D eigenvalue weighted by Gasteiger charge is -2.17. The van der Waals surface area contributed by atoms with Crippen LogP contribution in [0.1, 0.15) is 22.3 Å². The Bertz CT molecular complexity index is 566. The molecule has 1 aliphatic heterocycles. The molecule has 0 bridgehead atoms. The van der Waals surface area contributed by atoms with Gasteiger partial charge in [-0.25, -0.2) is 4.98 Å². The lowest BCUT2D eigenvalue weighted by atomic mass is 10.0. The number of hydrogen-bond donors (Lipinski definition) is 1. The maximum absolute atomic E-state index is 12.0. The zero-order valence-corrected chi connectivity index (χ0v) is 10.5. The van der Waals surface area contributed by atoms with Crippen molar-refractivity contribution < 1.29 is 9.53 Å². The fourth-order valence-electron chi connectivity index (χ4n) is 1.96. The first-order chi connectivity index (χ1) is 8.83. The third-order valence-electron chi connectivity index (χ3n) is 2.82. The van der Waals surface area contributed by atoms with E-state index in [0.29, 0.717) is 10.7 Å². The van der Waals surface area contributed by atoms with Gasteiger partial charge in [-0.3, -0.25) is 10.1 Å². The van der Waals surface area contributed by atoms with E-state index < -0.39 is 0 Å². The topological polar surface area (TPSA) is 51.2 Å². The molecule has 5 heteroatoms. The number of nitrogens with zero attached hydrogens (tertiary/aromatic N) is 1. The molecule has 1 aliphatic rings. The Balaban J connectivity index is 1.81. The molecule has 1 aromatic carbocycles. The molecule has 0 atom stereocenters. The van der Waals surface area contributed by atoms with Crippen LogP contribution in [0.25, 0.3) is 0 Å². The van der Waals surface area contributed by atoms with E-state index >= 15 is 0 Å². The van der Waals surface area contributed by atoms with Crippen molar-refractivity contribution in [1.82, 2.24) is 4.98 Å². The monoisotopic (exact) mass is 260 g/mol. The fourth-order valence-corrected chi connectivity index (χ4v) is 2.48. The second kappa shape index (κ2) is 4.78. The molecule has 18 heavy (non-hydrogen) atoms. The van der Waals surface area contributed by atoms with Gasteiger partial charge < -0.3 is 4.74 Å². The van der Waals surface area contributed by atoms with Crippen LogP contribution in [0.2, 0.25) is 0 Å². The zero-order valence-electron chi connectivity index (χ0n) is 9.68. The molecule has 92 valence electrons. The van der Waals surface area contributed by atoms with E-state index in [0.717, 1.165) is 30.8 Å². The largest absolute Gasteiger partial charge is 0.493 e.